The minimum atomic E-state index is -0.378. The Morgan fingerprint density at radius 2 is 1.93 bits per heavy atom. The molecule has 5 nitrogen and oxygen atoms in total. The fourth-order valence-corrected chi connectivity index (χ4v) is 4.85. The van der Waals surface area contributed by atoms with Crippen molar-refractivity contribution in [2.24, 2.45) is 0 Å². The Morgan fingerprint density at radius 1 is 1.17 bits per heavy atom. The van der Waals surface area contributed by atoms with Crippen molar-refractivity contribution in [3.63, 3.8) is 0 Å². The first-order chi connectivity index (χ1) is 14.0. The number of anilines is 1. The zero-order valence-electron chi connectivity index (χ0n) is 16.7. The van der Waals surface area contributed by atoms with E-state index in [0.717, 1.165) is 36.9 Å². The largest absolute Gasteiger partial charge is 0.325 e. The highest BCUT2D eigenvalue weighted by Crippen LogP contribution is 2.33. The van der Waals surface area contributed by atoms with Crippen molar-refractivity contribution in [1.82, 2.24) is 9.55 Å². The van der Waals surface area contributed by atoms with Crippen molar-refractivity contribution in [2.45, 2.75) is 56.0 Å². The summed E-state index contributed by atoms with van der Waals surface area (Å²) in [5, 5.41) is 3.86. The number of amides is 1. The lowest BCUT2D eigenvalue weighted by Gasteiger charge is -2.20. The van der Waals surface area contributed by atoms with E-state index in [1.54, 1.807) is 0 Å². The molecule has 1 aliphatic carbocycles. The van der Waals surface area contributed by atoms with Crippen LogP contribution in [0.2, 0.25) is 0 Å². The van der Waals surface area contributed by atoms with E-state index in [0.29, 0.717) is 16.1 Å². The summed E-state index contributed by atoms with van der Waals surface area (Å²) in [6.45, 7) is 3.85. The molecule has 29 heavy (non-hydrogen) atoms. The van der Waals surface area contributed by atoms with Gasteiger partial charge in [-0.3, -0.25) is 14.2 Å². The van der Waals surface area contributed by atoms with Gasteiger partial charge >= 0.3 is 0 Å². The second-order valence-electron chi connectivity index (χ2n) is 7.64. The summed E-state index contributed by atoms with van der Waals surface area (Å²) in [4.78, 5) is 30.8. The smallest absolute Gasteiger partial charge is 0.262 e. The molecule has 1 N–H and O–H groups in total. The topological polar surface area (TPSA) is 64.0 Å². The normalized spacial score (nSPS) is 15.5. The Bertz CT molecular complexity index is 1100. The number of aromatic nitrogens is 2. The number of carbonyl (C=O) groups excluding carboxylic acids is 1. The minimum absolute atomic E-state index is 0.00343. The first kappa shape index (κ1) is 19.7. The van der Waals surface area contributed by atoms with Gasteiger partial charge in [0.15, 0.2) is 5.16 Å². The van der Waals surface area contributed by atoms with Gasteiger partial charge in [-0.25, -0.2) is 4.98 Å². The van der Waals surface area contributed by atoms with E-state index in [2.05, 4.69) is 5.32 Å². The lowest BCUT2D eigenvalue weighted by Crippen LogP contribution is -2.29. The molecule has 1 heterocycles. The molecular formula is C23H25N3O2S. The Labute approximate surface area is 174 Å². The second-order valence-corrected chi connectivity index (χ2v) is 8.95. The van der Waals surface area contributed by atoms with Crippen LogP contribution >= 0.6 is 11.8 Å². The van der Waals surface area contributed by atoms with E-state index in [9.17, 15) is 9.59 Å². The molecule has 1 unspecified atom stereocenters. The molecule has 0 spiro atoms. The van der Waals surface area contributed by atoms with Gasteiger partial charge in [-0.1, -0.05) is 48.9 Å². The van der Waals surface area contributed by atoms with Gasteiger partial charge in [0.1, 0.15) is 0 Å². The molecule has 1 amide bonds. The number of carbonyl (C=O) groups is 1. The predicted molar refractivity (Wildman–Crippen MR) is 119 cm³/mol. The van der Waals surface area contributed by atoms with Crippen LogP contribution in [0.15, 0.2) is 58.5 Å². The molecule has 0 aliphatic heterocycles. The molecular weight excluding hydrogens is 382 g/mol. The third kappa shape index (κ3) is 4.22. The van der Waals surface area contributed by atoms with Crippen LogP contribution in [0, 0.1) is 6.92 Å². The number of hydrogen-bond donors (Lipinski definition) is 1. The molecule has 1 aliphatic rings. The first-order valence-corrected chi connectivity index (χ1v) is 11.0. The summed E-state index contributed by atoms with van der Waals surface area (Å²) >= 11 is 1.36. The number of rotatable bonds is 5. The van der Waals surface area contributed by atoms with Gasteiger partial charge in [0, 0.05) is 11.7 Å². The van der Waals surface area contributed by atoms with E-state index < -0.39 is 0 Å². The van der Waals surface area contributed by atoms with Crippen LogP contribution in [0.5, 0.6) is 0 Å². The number of thioether (sulfide) groups is 1. The summed E-state index contributed by atoms with van der Waals surface area (Å²) in [5.74, 6) is -0.0963. The van der Waals surface area contributed by atoms with Crippen molar-refractivity contribution in [3.8, 4) is 0 Å². The van der Waals surface area contributed by atoms with Crippen molar-refractivity contribution in [3.05, 3.63) is 64.4 Å². The standard InChI is InChI=1S/C23H25N3O2S/c1-15-8-7-9-17(14-15)24-21(27)16(2)29-23-25-20-13-6-5-12-19(20)22(28)26(23)18-10-3-4-11-18/h5-9,12-14,16,18H,3-4,10-11H2,1-2H3,(H,24,27). The SMILES string of the molecule is Cc1cccc(NC(=O)C(C)Sc2nc3ccccc3c(=O)n2C2CCCC2)c1. The fourth-order valence-electron chi connectivity index (χ4n) is 3.87. The third-order valence-electron chi connectivity index (χ3n) is 5.40. The van der Waals surface area contributed by atoms with Gasteiger partial charge in [0.05, 0.1) is 16.2 Å². The maximum absolute atomic E-state index is 13.2. The molecule has 0 saturated heterocycles. The Morgan fingerprint density at radius 3 is 2.69 bits per heavy atom. The Hall–Kier alpha value is -2.60. The van der Waals surface area contributed by atoms with Crippen LogP contribution in [0.3, 0.4) is 0 Å². The van der Waals surface area contributed by atoms with Gasteiger partial charge in [-0.2, -0.15) is 0 Å². The molecule has 1 fully saturated rings. The summed E-state index contributed by atoms with van der Waals surface area (Å²) in [5.41, 5.74) is 2.55. The highest BCUT2D eigenvalue weighted by molar-refractivity contribution is 8.00. The zero-order valence-corrected chi connectivity index (χ0v) is 17.5. The maximum Gasteiger partial charge on any atom is 0.262 e. The number of nitrogens with zero attached hydrogens (tertiary/aromatic N) is 2. The molecule has 0 radical (unpaired) electrons. The zero-order chi connectivity index (χ0) is 20.4. The van der Waals surface area contributed by atoms with Crippen molar-refractivity contribution in [2.75, 3.05) is 5.32 Å². The van der Waals surface area contributed by atoms with Gasteiger partial charge in [0.2, 0.25) is 5.91 Å². The second kappa shape index (κ2) is 8.41. The van der Waals surface area contributed by atoms with E-state index in [1.807, 2.05) is 66.9 Å². The van der Waals surface area contributed by atoms with Crippen LogP contribution < -0.4 is 10.9 Å². The van der Waals surface area contributed by atoms with Gasteiger partial charge in [-0.05, 0) is 56.5 Å². The molecule has 1 saturated carbocycles. The Balaban J connectivity index is 1.64. The highest BCUT2D eigenvalue weighted by atomic mass is 32.2. The van der Waals surface area contributed by atoms with E-state index in [1.165, 1.54) is 11.8 Å². The van der Waals surface area contributed by atoms with Crippen LogP contribution in [0.4, 0.5) is 5.69 Å². The molecule has 2 aromatic carbocycles. The highest BCUT2D eigenvalue weighted by Gasteiger charge is 2.25. The number of para-hydroxylation sites is 1. The molecule has 0 bridgehead atoms. The number of benzene rings is 2. The number of fused-ring (bicyclic) bond motifs is 1. The van der Waals surface area contributed by atoms with Crippen molar-refractivity contribution in [1.29, 1.82) is 0 Å². The molecule has 1 aromatic heterocycles. The molecule has 150 valence electrons. The van der Waals surface area contributed by atoms with Gasteiger partial charge in [-0.15, -0.1) is 0 Å². The van der Waals surface area contributed by atoms with Crippen LogP contribution in [0.25, 0.3) is 10.9 Å². The van der Waals surface area contributed by atoms with Gasteiger partial charge in [0.25, 0.3) is 5.56 Å². The number of hydrogen-bond acceptors (Lipinski definition) is 4. The predicted octanol–water partition coefficient (Wildman–Crippen LogP) is 4.94. The molecule has 1 atom stereocenters. The number of aryl methyl sites for hydroxylation is 1. The van der Waals surface area contributed by atoms with Crippen LogP contribution in [-0.2, 0) is 4.79 Å². The van der Waals surface area contributed by atoms with Gasteiger partial charge < -0.3 is 5.32 Å². The molecule has 4 rings (SSSR count). The first-order valence-electron chi connectivity index (χ1n) is 10.1. The van der Waals surface area contributed by atoms with Crippen LogP contribution in [0.1, 0.15) is 44.2 Å². The summed E-state index contributed by atoms with van der Waals surface area (Å²) in [6, 6.07) is 15.3. The van der Waals surface area contributed by atoms with Crippen molar-refractivity contribution >= 4 is 34.3 Å². The quantitative estimate of drug-likeness (QED) is 0.481. The third-order valence-corrected chi connectivity index (χ3v) is 6.47. The average molecular weight is 408 g/mol. The molecule has 3 aromatic rings. The monoisotopic (exact) mass is 407 g/mol. The van der Waals surface area contributed by atoms with E-state index in [-0.39, 0.29) is 22.8 Å². The summed E-state index contributed by atoms with van der Waals surface area (Å²) in [7, 11) is 0. The molecule has 6 heteroatoms. The van der Waals surface area contributed by atoms with Crippen molar-refractivity contribution < 1.29 is 4.79 Å². The lowest BCUT2D eigenvalue weighted by atomic mass is 10.2. The lowest BCUT2D eigenvalue weighted by molar-refractivity contribution is -0.115. The number of nitrogens with one attached hydrogen (secondary N) is 1. The summed E-state index contributed by atoms with van der Waals surface area (Å²) in [6.07, 6.45) is 4.21. The fraction of sp³-hybridized carbons (Fsp3) is 0.348. The Kier molecular flexibility index (Phi) is 5.72. The van der Waals surface area contributed by atoms with Crippen LogP contribution in [-0.4, -0.2) is 20.7 Å². The summed E-state index contributed by atoms with van der Waals surface area (Å²) < 4.78 is 1.83. The van der Waals surface area contributed by atoms with E-state index in [4.69, 9.17) is 4.98 Å². The minimum Gasteiger partial charge on any atom is -0.325 e. The van der Waals surface area contributed by atoms with E-state index >= 15 is 0 Å². The average Bonchev–Trinajstić information content (AvgIpc) is 3.22. The maximum atomic E-state index is 13.2.